The molecule has 1 fully saturated rings. The highest BCUT2D eigenvalue weighted by Crippen LogP contribution is 2.27. The Bertz CT molecular complexity index is 295. The van der Waals surface area contributed by atoms with E-state index in [1.807, 2.05) is 0 Å². The summed E-state index contributed by atoms with van der Waals surface area (Å²) in [6.45, 7) is 2.14. The third-order valence-corrected chi connectivity index (χ3v) is 4.48. The number of anilines is 1. The van der Waals surface area contributed by atoms with Gasteiger partial charge in [0.1, 0.15) is 0 Å². The minimum atomic E-state index is 0.631. The summed E-state index contributed by atoms with van der Waals surface area (Å²) < 4.78 is 1.08. The second-order valence-corrected chi connectivity index (χ2v) is 6.27. The van der Waals surface area contributed by atoms with Crippen LogP contribution in [0.3, 0.4) is 0 Å². The van der Waals surface area contributed by atoms with Gasteiger partial charge in [0.25, 0.3) is 0 Å². The van der Waals surface area contributed by atoms with Crippen molar-refractivity contribution >= 4 is 28.2 Å². The second kappa shape index (κ2) is 5.70. The lowest BCUT2D eigenvalue weighted by Gasteiger charge is -2.21. The van der Waals surface area contributed by atoms with E-state index in [0.717, 1.165) is 15.2 Å². The van der Waals surface area contributed by atoms with E-state index in [9.17, 15) is 0 Å². The van der Waals surface area contributed by atoms with Crippen molar-refractivity contribution in [1.82, 2.24) is 10.2 Å². The van der Waals surface area contributed by atoms with Crippen LogP contribution in [0.5, 0.6) is 0 Å². The quantitative estimate of drug-likeness (QED) is 0.823. The van der Waals surface area contributed by atoms with Gasteiger partial charge in [0.15, 0.2) is 4.34 Å². The number of hydrogen-bond donors (Lipinski definition) is 1. The average molecular weight is 243 g/mol. The Kier molecular flexibility index (Phi) is 4.26. The van der Waals surface area contributed by atoms with E-state index in [-0.39, 0.29) is 0 Å². The van der Waals surface area contributed by atoms with Gasteiger partial charge in [-0.1, -0.05) is 49.3 Å². The van der Waals surface area contributed by atoms with Gasteiger partial charge in [-0.25, -0.2) is 0 Å². The summed E-state index contributed by atoms with van der Waals surface area (Å²) in [6, 6.07) is 0.631. The largest absolute Gasteiger partial charge is 0.357 e. The molecule has 15 heavy (non-hydrogen) atoms. The summed E-state index contributed by atoms with van der Waals surface area (Å²) in [4.78, 5) is 0. The molecule has 0 aromatic carbocycles. The molecular formula is C10H17N3S2. The lowest BCUT2D eigenvalue weighted by Crippen LogP contribution is -2.21. The van der Waals surface area contributed by atoms with E-state index in [0.29, 0.717) is 6.04 Å². The van der Waals surface area contributed by atoms with E-state index in [1.165, 1.54) is 32.1 Å². The highest BCUT2D eigenvalue weighted by atomic mass is 32.2. The smallest absolute Gasteiger partial charge is 0.206 e. The minimum Gasteiger partial charge on any atom is -0.357 e. The van der Waals surface area contributed by atoms with Crippen molar-refractivity contribution in [2.45, 2.75) is 49.4 Å². The number of aromatic nitrogens is 2. The maximum atomic E-state index is 4.17. The van der Waals surface area contributed by atoms with Gasteiger partial charge in [0.2, 0.25) is 5.13 Å². The van der Waals surface area contributed by atoms with Crippen molar-refractivity contribution in [1.29, 1.82) is 0 Å². The van der Waals surface area contributed by atoms with Crippen molar-refractivity contribution in [3.63, 3.8) is 0 Å². The van der Waals surface area contributed by atoms with Crippen LogP contribution in [0.4, 0.5) is 5.13 Å². The Labute approximate surface area is 99.1 Å². The molecule has 84 valence electrons. The molecule has 3 nitrogen and oxygen atoms in total. The van der Waals surface area contributed by atoms with E-state index < -0.39 is 0 Å². The fourth-order valence-corrected chi connectivity index (χ4v) is 3.60. The minimum absolute atomic E-state index is 0.631. The molecule has 1 aromatic rings. The van der Waals surface area contributed by atoms with Crippen molar-refractivity contribution in [3.8, 4) is 0 Å². The maximum Gasteiger partial charge on any atom is 0.206 e. The van der Waals surface area contributed by atoms with E-state index in [2.05, 4.69) is 22.4 Å². The first kappa shape index (κ1) is 11.2. The molecule has 1 aromatic heterocycles. The molecule has 2 rings (SSSR count). The molecule has 0 saturated heterocycles. The Morgan fingerprint density at radius 3 is 2.87 bits per heavy atom. The number of nitrogens with zero attached hydrogens (tertiary/aromatic N) is 2. The Morgan fingerprint density at radius 2 is 2.13 bits per heavy atom. The molecule has 0 aliphatic heterocycles. The molecule has 0 spiro atoms. The number of nitrogens with one attached hydrogen (secondary N) is 1. The zero-order chi connectivity index (χ0) is 10.5. The zero-order valence-corrected chi connectivity index (χ0v) is 10.7. The van der Waals surface area contributed by atoms with Crippen LogP contribution in [-0.2, 0) is 0 Å². The van der Waals surface area contributed by atoms with E-state index in [4.69, 9.17) is 0 Å². The molecule has 1 saturated carbocycles. The predicted octanol–water partition coefficient (Wildman–Crippen LogP) is 3.39. The van der Waals surface area contributed by atoms with E-state index >= 15 is 0 Å². The molecular weight excluding hydrogens is 226 g/mol. The fourth-order valence-electron chi connectivity index (χ4n) is 1.87. The molecule has 0 radical (unpaired) electrons. The molecule has 1 aliphatic carbocycles. The van der Waals surface area contributed by atoms with Gasteiger partial charge in [-0.15, -0.1) is 10.2 Å². The SMILES string of the molecule is CCSc1nnc(NC2CCCCC2)s1. The lowest BCUT2D eigenvalue weighted by molar-refractivity contribution is 0.462. The molecule has 0 atom stereocenters. The van der Waals surface area contributed by atoms with Gasteiger partial charge in [-0.3, -0.25) is 0 Å². The first-order chi connectivity index (χ1) is 7.38. The number of rotatable bonds is 4. The van der Waals surface area contributed by atoms with Crippen LogP contribution in [0.15, 0.2) is 4.34 Å². The molecule has 1 aliphatic rings. The first-order valence-corrected chi connectivity index (χ1v) is 7.41. The normalized spacial score (nSPS) is 17.9. The van der Waals surface area contributed by atoms with Crippen LogP contribution in [-0.4, -0.2) is 22.0 Å². The van der Waals surface area contributed by atoms with Gasteiger partial charge in [-0.2, -0.15) is 0 Å². The maximum absolute atomic E-state index is 4.17. The summed E-state index contributed by atoms with van der Waals surface area (Å²) in [6.07, 6.45) is 6.68. The summed E-state index contributed by atoms with van der Waals surface area (Å²) in [7, 11) is 0. The summed E-state index contributed by atoms with van der Waals surface area (Å²) >= 11 is 3.44. The summed E-state index contributed by atoms with van der Waals surface area (Å²) in [5.74, 6) is 1.07. The Balaban J connectivity index is 1.86. The fraction of sp³-hybridized carbons (Fsp3) is 0.800. The molecule has 1 N–H and O–H groups in total. The van der Waals surface area contributed by atoms with Gasteiger partial charge in [0, 0.05) is 6.04 Å². The Morgan fingerprint density at radius 1 is 1.33 bits per heavy atom. The van der Waals surface area contributed by atoms with Crippen LogP contribution < -0.4 is 5.32 Å². The van der Waals surface area contributed by atoms with Crippen molar-refractivity contribution in [2.75, 3.05) is 11.1 Å². The van der Waals surface area contributed by atoms with Crippen molar-refractivity contribution in [2.24, 2.45) is 0 Å². The second-order valence-electron chi connectivity index (χ2n) is 3.79. The first-order valence-electron chi connectivity index (χ1n) is 5.61. The number of hydrogen-bond acceptors (Lipinski definition) is 5. The van der Waals surface area contributed by atoms with E-state index in [1.54, 1.807) is 23.1 Å². The van der Waals surface area contributed by atoms with Gasteiger partial charge in [0.05, 0.1) is 0 Å². The van der Waals surface area contributed by atoms with Crippen molar-refractivity contribution < 1.29 is 0 Å². The molecule has 0 bridgehead atoms. The molecule has 1 heterocycles. The predicted molar refractivity (Wildman–Crippen MR) is 66.8 cm³/mol. The van der Waals surface area contributed by atoms with Crippen molar-refractivity contribution in [3.05, 3.63) is 0 Å². The lowest BCUT2D eigenvalue weighted by atomic mass is 9.96. The highest BCUT2D eigenvalue weighted by molar-refractivity contribution is 8.01. The number of thioether (sulfide) groups is 1. The van der Waals surface area contributed by atoms with Crippen LogP contribution in [0.2, 0.25) is 0 Å². The third kappa shape index (κ3) is 3.34. The standard InChI is InChI=1S/C10H17N3S2/c1-2-14-10-13-12-9(15-10)11-8-6-4-3-5-7-8/h8H,2-7H2,1H3,(H,11,12). The average Bonchev–Trinajstić information content (AvgIpc) is 2.68. The highest BCUT2D eigenvalue weighted by Gasteiger charge is 2.14. The van der Waals surface area contributed by atoms with Crippen LogP contribution in [0, 0.1) is 0 Å². The molecule has 5 heteroatoms. The van der Waals surface area contributed by atoms with Gasteiger partial charge >= 0.3 is 0 Å². The van der Waals surface area contributed by atoms with Crippen LogP contribution in [0.25, 0.3) is 0 Å². The zero-order valence-electron chi connectivity index (χ0n) is 9.03. The third-order valence-electron chi connectivity index (χ3n) is 2.61. The van der Waals surface area contributed by atoms with Crippen LogP contribution >= 0.6 is 23.1 Å². The van der Waals surface area contributed by atoms with Gasteiger partial charge < -0.3 is 5.32 Å². The summed E-state index contributed by atoms with van der Waals surface area (Å²) in [5, 5.41) is 12.8. The summed E-state index contributed by atoms with van der Waals surface area (Å²) in [5.41, 5.74) is 0. The van der Waals surface area contributed by atoms with Gasteiger partial charge in [-0.05, 0) is 18.6 Å². The topological polar surface area (TPSA) is 37.8 Å². The monoisotopic (exact) mass is 243 g/mol. The molecule has 0 amide bonds. The Hall–Kier alpha value is -0.290. The molecule has 0 unspecified atom stereocenters. The van der Waals surface area contributed by atoms with Crippen LogP contribution in [0.1, 0.15) is 39.0 Å².